The Balaban J connectivity index is 2.67. The number of hydrogen-bond acceptors (Lipinski definition) is 4. The maximum absolute atomic E-state index is 11.7. The van der Waals surface area contributed by atoms with Crippen LogP contribution < -0.4 is 0 Å². The van der Waals surface area contributed by atoms with E-state index >= 15 is 0 Å². The van der Waals surface area contributed by atoms with Crippen molar-refractivity contribution in [3.05, 3.63) is 0 Å². The summed E-state index contributed by atoms with van der Waals surface area (Å²) >= 11 is 0. The lowest BCUT2D eigenvalue weighted by molar-refractivity contribution is -0.160. The fourth-order valence-electron chi connectivity index (χ4n) is 1.69. The number of hydrogen-bond donors (Lipinski definition) is 1. The van der Waals surface area contributed by atoms with Gasteiger partial charge in [0.15, 0.2) is 5.60 Å². The minimum Gasteiger partial charge on any atom is -0.479 e. The van der Waals surface area contributed by atoms with Gasteiger partial charge in [0.25, 0.3) is 0 Å². The number of carbonyl (C=O) groups excluding carboxylic acids is 1. The van der Waals surface area contributed by atoms with Crippen molar-refractivity contribution in [3.8, 4) is 0 Å². The van der Waals surface area contributed by atoms with Gasteiger partial charge in [-0.1, -0.05) is 0 Å². The van der Waals surface area contributed by atoms with Gasteiger partial charge in [0.05, 0.1) is 6.54 Å². The van der Waals surface area contributed by atoms with Gasteiger partial charge in [-0.2, -0.15) is 0 Å². The van der Waals surface area contributed by atoms with Gasteiger partial charge in [0.1, 0.15) is 5.60 Å². The monoisotopic (exact) mass is 245 g/mol. The minimum atomic E-state index is -1.29. The summed E-state index contributed by atoms with van der Waals surface area (Å²) in [5.41, 5.74) is -1.88. The topological polar surface area (TPSA) is 76.1 Å². The molecule has 0 bridgehead atoms. The third kappa shape index (κ3) is 3.09. The quantitative estimate of drug-likeness (QED) is 0.788. The number of nitrogens with zero attached hydrogens (tertiary/aromatic N) is 1. The molecular weight excluding hydrogens is 226 g/mol. The van der Waals surface area contributed by atoms with Gasteiger partial charge in [-0.15, -0.1) is 0 Å². The van der Waals surface area contributed by atoms with E-state index in [1.165, 1.54) is 12.0 Å². The van der Waals surface area contributed by atoms with Crippen LogP contribution in [0.5, 0.6) is 0 Å². The van der Waals surface area contributed by atoms with Crippen LogP contribution in [0, 0.1) is 0 Å². The van der Waals surface area contributed by atoms with Crippen LogP contribution in [0.25, 0.3) is 0 Å². The summed E-state index contributed by atoms with van der Waals surface area (Å²) in [4.78, 5) is 24.2. The number of amides is 1. The van der Waals surface area contributed by atoms with Gasteiger partial charge in [-0.05, 0) is 20.8 Å². The van der Waals surface area contributed by atoms with Gasteiger partial charge in [-0.3, -0.25) is 0 Å². The molecule has 6 nitrogen and oxygen atoms in total. The summed E-state index contributed by atoms with van der Waals surface area (Å²) in [7, 11) is 1.34. The van der Waals surface area contributed by atoms with Crippen molar-refractivity contribution in [2.24, 2.45) is 0 Å². The summed E-state index contributed by atoms with van der Waals surface area (Å²) in [5.74, 6) is -1.05. The molecular formula is C11H19NO5. The van der Waals surface area contributed by atoms with Crippen LogP contribution in [0.4, 0.5) is 4.79 Å². The number of ether oxygens (including phenoxy) is 2. The van der Waals surface area contributed by atoms with Crippen LogP contribution in [0.3, 0.4) is 0 Å². The maximum Gasteiger partial charge on any atom is 0.410 e. The highest BCUT2D eigenvalue weighted by Crippen LogP contribution is 2.26. The Labute approximate surface area is 100 Å². The third-order valence-electron chi connectivity index (χ3n) is 2.66. The van der Waals surface area contributed by atoms with E-state index in [0.29, 0.717) is 6.54 Å². The Morgan fingerprint density at radius 2 is 1.94 bits per heavy atom. The molecule has 1 heterocycles. The fourth-order valence-corrected chi connectivity index (χ4v) is 1.69. The van der Waals surface area contributed by atoms with Crippen LogP contribution in [-0.2, 0) is 14.3 Å². The van der Waals surface area contributed by atoms with E-state index in [1.807, 2.05) is 0 Å². The van der Waals surface area contributed by atoms with E-state index in [-0.39, 0.29) is 13.0 Å². The first kappa shape index (κ1) is 13.8. The molecule has 0 aliphatic carbocycles. The SMILES string of the molecule is CO[C@@]1(C(=O)O)CCN(C(=O)OC(C)(C)C)C1. The average Bonchev–Trinajstić information content (AvgIpc) is 2.60. The zero-order chi connectivity index (χ0) is 13.3. The highest BCUT2D eigenvalue weighted by Gasteiger charge is 2.47. The number of methoxy groups -OCH3 is 1. The van der Waals surface area contributed by atoms with Crippen LogP contribution >= 0.6 is 0 Å². The predicted octanol–water partition coefficient (Wildman–Crippen LogP) is 1.10. The molecule has 0 radical (unpaired) electrons. The molecule has 0 saturated carbocycles. The molecule has 1 aliphatic heterocycles. The molecule has 1 saturated heterocycles. The Morgan fingerprint density at radius 1 is 1.35 bits per heavy atom. The second kappa shape index (κ2) is 4.52. The lowest BCUT2D eigenvalue weighted by Crippen LogP contribution is -2.45. The van der Waals surface area contributed by atoms with E-state index in [1.54, 1.807) is 20.8 Å². The molecule has 0 aromatic heterocycles. The van der Waals surface area contributed by atoms with Crippen molar-refractivity contribution in [1.82, 2.24) is 4.90 Å². The van der Waals surface area contributed by atoms with Crippen LogP contribution in [0.15, 0.2) is 0 Å². The standard InChI is InChI=1S/C11H19NO5/c1-10(2,3)17-9(15)12-6-5-11(7-12,16-4)8(13)14/h5-7H2,1-4H3,(H,13,14)/t11-/m0/s1. The second-order valence-corrected chi connectivity index (χ2v) is 5.16. The molecule has 0 aromatic carbocycles. The van der Waals surface area contributed by atoms with E-state index in [9.17, 15) is 9.59 Å². The van der Waals surface area contributed by atoms with Crippen LogP contribution in [0.2, 0.25) is 0 Å². The maximum atomic E-state index is 11.7. The predicted molar refractivity (Wildman–Crippen MR) is 59.8 cm³/mol. The zero-order valence-corrected chi connectivity index (χ0v) is 10.6. The lowest BCUT2D eigenvalue weighted by Gasteiger charge is -2.26. The largest absolute Gasteiger partial charge is 0.479 e. The Morgan fingerprint density at radius 3 is 2.29 bits per heavy atom. The molecule has 0 spiro atoms. The molecule has 0 unspecified atom stereocenters. The summed E-state index contributed by atoms with van der Waals surface area (Å²) in [6.07, 6.45) is -0.226. The summed E-state index contributed by atoms with van der Waals surface area (Å²) in [5, 5.41) is 9.09. The molecule has 17 heavy (non-hydrogen) atoms. The van der Waals surface area contributed by atoms with Crippen molar-refractivity contribution in [1.29, 1.82) is 0 Å². The number of carboxylic acids is 1. The van der Waals surface area contributed by atoms with Gasteiger partial charge >= 0.3 is 12.1 Å². The molecule has 1 amide bonds. The minimum absolute atomic E-state index is 0.0216. The molecule has 1 fully saturated rings. The van der Waals surface area contributed by atoms with Gasteiger partial charge in [0.2, 0.25) is 0 Å². The van der Waals surface area contributed by atoms with Gasteiger partial charge in [0, 0.05) is 20.1 Å². The Kier molecular flexibility index (Phi) is 3.66. The van der Waals surface area contributed by atoms with E-state index in [4.69, 9.17) is 14.6 Å². The smallest absolute Gasteiger partial charge is 0.410 e. The normalized spacial score (nSPS) is 24.8. The van der Waals surface area contributed by atoms with E-state index < -0.39 is 23.3 Å². The number of likely N-dealkylation sites (tertiary alicyclic amines) is 1. The molecule has 1 atom stereocenters. The summed E-state index contributed by atoms with van der Waals surface area (Å²) < 4.78 is 10.2. The average molecular weight is 245 g/mol. The van der Waals surface area contributed by atoms with Gasteiger partial charge in [-0.25, -0.2) is 9.59 Å². The van der Waals surface area contributed by atoms with Gasteiger partial charge < -0.3 is 19.5 Å². The number of rotatable bonds is 2. The summed E-state index contributed by atoms with van der Waals surface area (Å²) in [6.45, 7) is 5.65. The molecule has 6 heteroatoms. The lowest BCUT2D eigenvalue weighted by atomic mass is 10.0. The first-order valence-corrected chi connectivity index (χ1v) is 5.47. The first-order valence-electron chi connectivity index (χ1n) is 5.47. The van der Waals surface area contributed by atoms with Crippen LogP contribution in [-0.4, -0.2) is 53.5 Å². The fraction of sp³-hybridized carbons (Fsp3) is 0.818. The molecule has 1 N–H and O–H groups in total. The number of carbonyl (C=O) groups is 2. The highest BCUT2D eigenvalue weighted by molar-refractivity contribution is 5.80. The molecule has 0 aromatic rings. The van der Waals surface area contributed by atoms with Crippen LogP contribution in [0.1, 0.15) is 27.2 Å². The zero-order valence-electron chi connectivity index (χ0n) is 10.6. The summed E-state index contributed by atoms with van der Waals surface area (Å²) in [6, 6.07) is 0. The van der Waals surface area contributed by atoms with Crippen molar-refractivity contribution < 1.29 is 24.2 Å². The second-order valence-electron chi connectivity index (χ2n) is 5.16. The number of aliphatic carboxylic acids is 1. The van der Waals surface area contributed by atoms with Crippen molar-refractivity contribution >= 4 is 12.1 Å². The van der Waals surface area contributed by atoms with E-state index in [2.05, 4.69) is 0 Å². The molecule has 98 valence electrons. The molecule has 1 rings (SSSR count). The highest BCUT2D eigenvalue weighted by atomic mass is 16.6. The Hall–Kier alpha value is -1.30. The molecule has 1 aliphatic rings. The Bertz CT molecular complexity index is 322. The first-order chi connectivity index (χ1) is 7.70. The van der Waals surface area contributed by atoms with Crippen molar-refractivity contribution in [3.63, 3.8) is 0 Å². The van der Waals surface area contributed by atoms with Crippen molar-refractivity contribution in [2.75, 3.05) is 20.2 Å². The van der Waals surface area contributed by atoms with E-state index in [0.717, 1.165) is 0 Å². The number of carboxylic acid groups (broad SMARTS) is 1. The third-order valence-corrected chi connectivity index (χ3v) is 2.66. The van der Waals surface area contributed by atoms with Crippen molar-refractivity contribution in [2.45, 2.75) is 38.4 Å².